The first-order valence-corrected chi connectivity index (χ1v) is 11.9. The summed E-state index contributed by atoms with van der Waals surface area (Å²) in [6.07, 6.45) is 2.28. The van der Waals surface area contributed by atoms with Gasteiger partial charge in [0.1, 0.15) is 0 Å². The Balaban J connectivity index is 0. The molecule has 76 valence electrons. The van der Waals surface area contributed by atoms with Crippen molar-refractivity contribution in [2.24, 2.45) is 0 Å². The first kappa shape index (κ1) is 16.5. The van der Waals surface area contributed by atoms with E-state index in [4.69, 9.17) is 0 Å². The molecular formula is C10H16Br2Ti-2. The van der Waals surface area contributed by atoms with Crippen LogP contribution in [0.4, 0.5) is 0 Å². The molecule has 0 atom stereocenters. The summed E-state index contributed by atoms with van der Waals surface area (Å²) < 4.78 is 0. The van der Waals surface area contributed by atoms with Crippen molar-refractivity contribution in [1.29, 1.82) is 0 Å². The van der Waals surface area contributed by atoms with Crippen LogP contribution in [-0.2, 0) is 15.0 Å². The first-order valence-electron chi connectivity index (χ1n) is 4.16. The van der Waals surface area contributed by atoms with Crippen LogP contribution in [0.3, 0.4) is 0 Å². The molecule has 0 saturated heterocycles. The third kappa shape index (κ3) is 19.4. The van der Waals surface area contributed by atoms with Crippen molar-refractivity contribution >= 4 is 26.3 Å². The maximum Gasteiger partial charge on any atom is -0.0678 e. The number of unbranched alkanes of at least 4 members (excludes halogenated alkanes) is 1. The number of hydrogen-bond donors (Lipinski definition) is 0. The molecular weight excluding hydrogens is 328 g/mol. The monoisotopic (exact) mass is 342 g/mol. The van der Waals surface area contributed by atoms with Crippen LogP contribution in [0.5, 0.6) is 0 Å². The zero-order chi connectivity index (χ0) is 10.5. The second-order valence-corrected chi connectivity index (χ2v) is 10.3. The molecule has 0 amide bonds. The molecule has 0 aromatic heterocycles. The van der Waals surface area contributed by atoms with E-state index in [1.165, 1.54) is 12.0 Å². The van der Waals surface area contributed by atoms with Crippen molar-refractivity contribution in [1.82, 2.24) is 0 Å². The van der Waals surface area contributed by atoms with Gasteiger partial charge in [0.25, 0.3) is 0 Å². The minimum absolute atomic E-state index is 0.125. The van der Waals surface area contributed by atoms with Crippen LogP contribution in [0, 0.1) is 13.8 Å². The normalized spacial score (nSPS) is 7.46. The molecule has 0 aliphatic carbocycles. The smallest absolute Gasteiger partial charge is 0.0678 e. The Hall–Kier alpha value is 1.02. The van der Waals surface area contributed by atoms with Crippen molar-refractivity contribution in [3.05, 3.63) is 36.8 Å². The summed E-state index contributed by atoms with van der Waals surface area (Å²) in [6, 6.07) is 8.24. The minimum atomic E-state index is 0.125. The predicted molar refractivity (Wildman–Crippen MR) is 64.9 cm³/mol. The Morgan fingerprint density at radius 1 is 1.31 bits per heavy atom. The fourth-order valence-corrected chi connectivity index (χ4v) is 0.470. The van der Waals surface area contributed by atoms with E-state index in [-0.39, 0.29) is 15.0 Å². The summed E-state index contributed by atoms with van der Waals surface area (Å²) in [5, 5.41) is 0. The van der Waals surface area contributed by atoms with Gasteiger partial charge < -0.3 is 6.92 Å². The maximum atomic E-state index is 3.60. The first-order chi connectivity index (χ1) is 6.22. The number of aryl methyl sites for hydroxylation is 1. The summed E-state index contributed by atoms with van der Waals surface area (Å²) in [5.74, 6) is 0. The van der Waals surface area contributed by atoms with E-state index in [0.717, 1.165) is 6.42 Å². The Morgan fingerprint density at radius 3 is 1.69 bits per heavy atom. The molecule has 1 rings (SSSR count). The molecule has 0 N–H and O–H groups in total. The molecule has 1 aromatic carbocycles. The molecule has 0 unspecified atom stereocenters. The molecule has 0 nitrogen and oxygen atoms in total. The molecule has 0 bridgehead atoms. The van der Waals surface area contributed by atoms with Crippen LogP contribution in [0.15, 0.2) is 24.3 Å². The number of rotatable bonds is 1. The van der Waals surface area contributed by atoms with Crippen molar-refractivity contribution in [2.75, 3.05) is 0 Å². The Bertz CT molecular complexity index is 148. The quantitative estimate of drug-likeness (QED) is 0.496. The third-order valence-electron chi connectivity index (χ3n) is 1.18. The minimum Gasteiger partial charge on any atom is -0.343 e. The van der Waals surface area contributed by atoms with E-state index in [2.05, 4.69) is 59.2 Å². The fraction of sp³-hybridized carbons (Fsp3) is 0.400. The standard InChI is InChI=1S/C6H7.C4H9.2BrH.Ti/c1-6-4-2-3-5-6;1-3-4-2;;;/h2-5H,1H3;1,3-4H2,2H3;2*1H;/q2*-1;;;+2/p-2. The summed E-state index contributed by atoms with van der Waals surface area (Å²) in [7, 11) is 0. The van der Waals surface area contributed by atoms with Crippen LogP contribution in [-0.4, -0.2) is 0 Å². The summed E-state index contributed by atoms with van der Waals surface area (Å²) in [4.78, 5) is 0. The second kappa shape index (κ2) is 15.5. The van der Waals surface area contributed by atoms with Crippen molar-refractivity contribution < 1.29 is 15.0 Å². The van der Waals surface area contributed by atoms with Gasteiger partial charge in [0.2, 0.25) is 0 Å². The van der Waals surface area contributed by atoms with Gasteiger partial charge in [0, 0.05) is 0 Å². The zero-order valence-corrected chi connectivity index (χ0v) is 12.9. The van der Waals surface area contributed by atoms with E-state index in [1.807, 2.05) is 12.1 Å². The molecule has 0 spiro atoms. The van der Waals surface area contributed by atoms with Crippen LogP contribution in [0.2, 0.25) is 0 Å². The van der Waals surface area contributed by atoms with Crippen molar-refractivity contribution in [3.8, 4) is 0 Å². The largest absolute Gasteiger partial charge is 0.343 e. The van der Waals surface area contributed by atoms with E-state index in [1.54, 1.807) is 0 Å². The molecule has 1 aromatic rings. The van der Waals surface area contributed by atoms with Gasteiger partial charge in [-0.05, 0) is 0 Å². The van der Waals surface area contributed by atoms with Crippen LogP contribution < -0.4 is 0 Å². The average Bonchev–Trinajstić information content (AvgIpc) is 2.58. The molecule has 0 aliphatic rings. The van der Waals surface area contributed by atoms with Gasteiger partial charge in [-0.25, -0.2) is 12.1 Å². The number of halogens is 2. The van der Waals surface area contributed by atoms with E-state index in [9.17, 15) is 0 Å². The van der Waals surface area contributed by atoms with Crippen LogP contribution in [0.1, 0.15) is 25.3 Å². The summed E-state index contributed by atoms with van der Waals surface area (Å²) >= 11 is 6.50. The van der Waals surface area contributed by atoms with Crippen molar-refractivity contribution in [3.63, 3.8) is 0 Å². The topological polar surface area (TPSA) is 0 Å². The van der Waals surface area contributed by atoms with Gasteiger partial charge in [0.15, 0.2) is 0 Å². The van der Waals surface area contributed by atoms with E-state index >= 15 is 0 Å². The zero-order valence-electron chi connectivity index (χ0n) is 8.19. The molecule has 0 fully saturated rings. The SMILES string of the molecule is C[c-]1cccc1.[Br][Ti][Br].[CH2-]CCC. The van der Waals surface area contributed by atoms with Gasteiger partial charge >= 0.3 is 41.3 Å². The summed E-state index contributed by atoms with van der Waals surface area (Å²) in [5.41, 5.74) is 1.34. The fourth-order valence-electron chi connectivity index (χ4n) is 0.470. The summed E-state index contributed by atoms with van der Waals surface area (Å²) in [6.45, 7) is 7.81. The van der Waals surface area contributed by atoms with Gasteiger partial charge in [-0.15, -0.1) is 0 Å². The third-order valence-corrected chi connectivity index (χ3v) is 1.18. The maximum absolute atomic E-state index is 3.60. The van der Waals surface area contributed by atoms with E-state index in [0.29, 0.717) is 0 Å². The molecule has 0 radical (unpaired) electrons. The van der Waals surface area contributed by atoms with Crippen LogP contribution >= 0.6 is 26.3 Å². The van der Waals surface area contributed by atoms with Crippen molar-refractivity contribution in [2.45, 2.75) is 26.7 Å². The molecule has 13 heavy (non-hydrogen) atoms. The average molecular weight is 344 g/mol. The van der Waals surface area contributed by atoms with Crippen LogP contribution in [0.25, 0.3) is 0 Å². The van der Waals surface area contributed by atoms with Gasteiger partial charge in [-0.2, -0.15) is 24.1 Å². The Kier molecular flexibility index (Phi) is 19.6. The molecule has 3 heteroatoms. The van der Waals surface area contributed by atoms with Gasteiger partial charge in [-0.3, -0.25) is 0 Å². The Labute approximate surface area is 104 Å². The molecule has 0 saturated carbocycles. The Morgan fingerprint density at radius 2 is 1.62 bits per heavy atom. The van der Waals surface area contributed by atoms with Gasteiger partial charge in [0.05, 0.1) is 0 Å². The number of hydrogen-bond acceptors (Lipinski definition) is 0. The molecule has 0 heterocycles. The second-order valence-electron chi connectivity index (χ2n) is 2.39. The van der Waals surface area contributed by atoms with E-state index < -0.39 is 0 Å². The van der Waals surface area contributed by atoms with Gasteiger partial charge in [-0.1, -0.05) is 20.3 Å². The predicted octanol–water partition coefficient (Wildman–Crippen LogP) is 5.02. The molecule has 0 aliphatic heterocycles.